The average Bonchev–Trinajstić information content (AvgIpc) is 2.61. The van der Waals surface area contributed by atoms with Crippen LogP contribution in [0.2, 0.25) is 0 Å². The van der Waals surface area contributed by atoms with E-state index in [0.29, 0.717) is 0 Å². The van der Waals surface area contributed by atoms with Gasteiger partial charge in [0, 0.05) is 31.9 Å². The molecule has 1 rings (SSSR count). The van der Waals surface area contributed by atoms with Gasteiger partial charge in [0.05, 0.1) is 0 Å². The summed E-state index contributed by atoms with van der Waals surface area (Å²) in [7, 11) is 0. The van der Waals surface area contributed by atoms with Gasteiger partial charge < -0.3 is 9.88 Å². The molecule has 0 aliphatic carbocycles. The zero-order valence-electron chi connectivity index (χ0n) is 10.2. The summed E-state index contributed by atoms with van der Waals surface area (Å²) in [5.41, 5.74) is 0. The first-order valence-corrected chi connectivity index (χ1v) is 5.94. The molecule has 0 amide bonds. The lowest BCUT2D eigenvalue weighted by molar-refractivity contribution is 0.517. The zero-order chi connectivity index (χ0) is 11.1. The molecule has 0 bridgehead atoms. The summed E-state index contributed by atoms with van der Waals surface area (Å²) in [4.78, 5) is 4.35. The van der Waals surface area contributed by atoms with Crippen LogP contribution in [-0.4, -0.2) is 22.6 Å². The quantitative estimate of drug-likeness (QED) is 0.697. The highest BCUT2D eigenvalue weighted by atomic mass is 15.1. The van der Waals surface area contributed by atoms with Gasteiger partial charge in [-0.15, -0.1) is 0 Å². The Morgan fingerprint density at radius 3 is 2.93 bits per heavy atom. The Kier molecular flexibility index (Phi) is 5.40. The van der Waals surface area contributed by atoms with Crippen molar-refractivity contribution in [3.8, 4) is 0 Å². The third-order valence-corrected chi connectivity index (χ3v) is 2.36. The van der Waals surface area contributed by atoms with Crippen molar-refractivity contribution >= 4 is 0 Å². The summed E-state index contributed by atoms with van der Waals surface area (Å²) in [6.07, 6.45) is 6.21. The van der Waals surface area contributed by atoms with Gasteiger partial charge in [0.1, 0.15) is 5.82 Å². The fraction of sp³-hybridized carbons (Fsp3) is 0.750. The second kappa shape index (κ2) is 6.62. The van der Waals surface area contributed by atoms with Gasteiger partial charge in [-0.2, -0.15) is 0 Å². The lowest BCUT2D eigenvalue weighted by atomic mass is 10.2. The maximum absolute atomic E-state index is 4.35. The first-order valence-electron chi connectivity index (χ1n) is 5.94. The van der Waals surface area contributed by atoms with Gasteiger partial charge in [0.15, 0.2) is 0 Å². The van der Waals surface area contributed by atoms with E-state index >= 15 is 0 Å². The molecule has 0 radical (unpaired) electrons. The highest BCUT2D eigenvalue weighted by Crippen LogP contribution is 2.00. The van der Waals surface area contributed by atoms with Crippen molar-refractivity contribution in [3.63, 3.8) is 0 Å². The topological polar surface area (TPSA) is 29.9 Å². The van der Waals surface area contributed by atoms with Crippen LogP contribution in [0.4, 0.5) is 0 Å². The van der Waals surface area contributed by atoms with Gasteiger partial charge in [0.2, 0.25) is 0 Å². The van der Waals surface area contributed by atoms with Gasteiger partial charge in [-0.25, -0.2) is 4.98 Å². The molecule has 0 unspecified atom stereocenters. The molecule has 3 heteroatoms. The zero-order valence-corrected chi connectivity index (χ0v) is 10.2. The molecule has 1 heterocycles. The van der Waals surface area contributed by atoms with Crippen LogP contribution in [0.1, 0.15) is 33.0 Å². The normalized spacial score (nSPS) is 11.2. The molecule has 1 aromatic heterocycles. The Morgan fingerprint density at radius 2 is 2.27 bits per heavy atom. The molecule has 0 aliphatic rings. The van der Waals surface area contributed by atoms with Crippen molar-refractivity contribution in [1.29, 1.82) is 0 Å². The molecule has 15 heavy (non-hydrogen) atoms. The van der Waals surface area contributed by atoms with Crippen LogP contribution in [-0.2, 0) is 13.0 Å². The van der Waals surface area contributed by atoms with E-state index in [0.717, 1.165) is 38.4 Å². The number of nitrogens with zero attached hydrogens (tertiary/aromatic N) is 2. The van der Waals surface area contributed by atoms with Gasteiger partial charge in [-0.05, 0) is 18.9 Å². The highest BCUT2D eigenvalue weighted by molar-refractivity contribution is 4.92. The molecule has 86 valence electrons. The highest BCUT2D eigenvalue weighted by Gasteiger charge is 2.00. The van der Waals surface area contributed by atoms with Gasteiger partial charge in [0.25, 0.3) is 0 Å². The summed E-state index contributed by atoms with van der Waals surface area (Å²) in [6.45, 7) is 9.81. The van der Waals surface area contributed by atoms with Crippen LogP contribution in [0.5, 0.6) is 0 Å². The number of imidazole rings is 1. The number of hydrogen-bond donors (Lipinski definition) is 1. The van der Waals surface area contributed by atoms with Crippen molar-refractivity contribution < 1.29 is 0 Å². The summed E-state index contributed by atoms with van der Waals surface area (Å²) in [5, 5.41) is 3.44. The van der Waals surface area contributed by atoms with Crippen molar-refractivity contribution in [1.82, 2.24) is 14.9 Å². The van der Waals surface area contributed by atoms with E-state index < -0.39 is 0 Å². The largest absolute Gasteiger partial charge is 0.334 e. The number of nitrogens with one attached hydrogen (secondary N) is 1. The van der Waals surface area contributed by atoms with Crippen molar-refractivity contribution in [2.45, 2.75) is 40.2 Å². The third kappa shape index (κ3) is 4.47. The molecule has 1 N–H and O–H groups in total. The van der Waals surface area contributed by atoms with Crippen LogP contribution in [0, 0.1) is 5.92 Å². The standard InChI is InChI=1S/C12H23N3/c1-4-5-12-14-7-9-15(12)8-6-13-10-11(2)3/h7,9,11,13H,4-6,8,10H2,1-3H3. The van der Waals surface area contributed by atoms with Gasteiger partial charge in [-0.3, -0.25) is 0 Å². The third-order valence-electron chi connectivity index (χ3n) is 2.36. The van der Waals surface area contributed by atoms with E-state index in [1.54, 1.807) is 0 Å². The van der Waals surface area contributed by atoms with Gasteiger partial charge in [-0.1, -0.05) is 20.8 Å². The van der Waals surface area contributed by atoms with Crippen LogP contribution >= 0.6 is 0 Å². The molecular weight excluding hydrogens is 186 g/mol. The lowest BCUT2D eigenvalue weighted by Crippen LogP contribution is -2.24. The first-order chi connectivity index (χ1) is 7.24. The Balaban J connectivity index is 2.27. The summed E-state index contributed by atoms with van der Waals surface area (Å²) in [6, 6.07) is 0. The van der Waals surface area contributed by atoms with E-state index in [2.05, 4.69) is 41.8 Å². The number of rotatable bonds is 7. The minimum atomic E-state index is 0.725. The van der Waals surface area contributed by atoms with Crippen molar-refractivity contribution in [2.24, 2.45) is 5.92 Å². The Bertz CT molecular complexity index is 266. The van der Waals surface area contributed by atoms with Crippen LogP contribution in [0.25, 0.3) is 0 Å². The number of aryl methyl sites for hydroxylation is 1. The van der Waals surface area contributed by atoms with Crippen LogP contribution in [0.15, 0.2) is 12.4 Å². The molecule has 0 fully saturated rings. The predicted molar refractivity (Wildman–Crippen MR) is 63.9 cm³/mol. The summed E-state index contributed by atoms with van der Waals surface area (Å²) in [5.74, 6) is 1.94. The fourth-order valence-electron chi connectivity index (χ4n) is 1.59. The molecule has 1 aromatic rings. The van der Waals surface area contributed by atoms with E-state index in [4.69, 9.17) is 0 Å². The molecule has 3 nitrogen and oxygen atoms in total. The Morgan fingerprint density at radius 1 is 1.47 bits per heavy atom. The molecule has 0 saturated carbocycles. The van der Waals surface area contributed by atoms with Gasteiger partial charge >= 0.3 is 0 Å². The van der Waals surface area contributed by atoms with E-state index in [1.807, 2.05) is 6.20 Å². The number of aromatic nitrogens is 2. The van der Waals surface area contributed by atoms with E-state index in [-0.39, 0.29) is 0 Å². The molecule has 0 spiro atoms. The molecule has 0 saturated heterocycles. The fourth-order valence-corrected chi connectivity index (χ4v) is 1.59. The minimum absolute atomic E-state index is 0.725. The maximum Gasteiger partial charge on any atom is 0.108 e. The van der Waals surface area contributed by atoms with Crippen LogP contribution in [0.3, 0.4) is 0 Å². The maximum atomic E-state index is 4.35. The number of hydrogen-bond acceptors (Lipinski definition) is 2. The van der Waals surface area contributed by atoms with E-state index in [1.165, 1.54) is 5.82 Å². The monoisotopic (exact) mass is 209 g/mol. The second-order valence-electron chi connectivity index (χ2n) is 4.38. The minimum Gasteiger partial charge on any atom is -0.334 e. The summed E-state index contributed by atoms with van der Waals surface area (Å²) >= 11 is 0. The predicted octanol–water partition coefficient (Wildman–Crippen LogP) is 2.08. The average molecular weight is 209 g/mol. The Labute approximate surface area is 92.9 Å². The molecule has 0 aliphatic heterocycles. The lowest BCUT2D eigenvalue weighted by Gasteiger charge is -2.09. The molecular formula is C12H23N3. The summed E-state index contributed by atoms with van der Waals surface area (Å²) < 4.78 is 2.25. The van der Waals surface area contributed by atoms with Crippen LogP contribution < -0.4 is 5.32 Å². The molecule has 0 atom stereocenters. The van der Waals surface area contributed by atoms with E-state index in [9.17, 15) is 0 Å². The Hall–Kier alpha value is -0.830. The SMILES string of the molecule is CCCc1nccn1CCNCC(C)C. The van der Waals surface area contributed by atoms with Crippen molar-refractivity contribution in [2.75, 3.05) is 13.1 Å². The van der Waals surface area contributed by atoms with Crippen molar-refractivity contribution in [3.05, 3.63) is 18.2 Å². The first kappa shape index (κ1) is 12.2. The smallest absolute Gasteiger partial charge is 0.108 e. The molecule has 0 aromatic carbocycles. The second-order valence-corrected chi connectivity index (χ2v) is 4.38.